The molecule has 0 saturated carbocycles. The van der Waals surface area contributed by atoms with E-state index in [9.17, 15) is 5.26 Å². The Balaban J connectivity index is 1.72. The van der Waals surface area contributed by atoms with Crippen molar-refractivity contribution in [2.75, 3.05) is 36.0 Å². The minimum Gasteiger partial charge on any atom is -0.368 e. The second-order valence-corrected chi connectivity index (χ2v) is 5.32. The third-order valence-corrected chi connectivity index (χ3v) is 3.91. The van der Waals surface area contributed by atoms with E-state index in [2.05, 4.69) is 52.0 Å². The van der Waals surface area contributed by atoms with E-state index in [0.717, 1.165) is 31.9 Å². The van der Waals surface area contributed by atoms with Gasteiger partial charge in [-0.05, 0) is 30.7 Å². The lowest BCUT2D eigenvalue weighted by molar-refractivity contribution is 0.652. The molecule has 1 saturated heterocycles. The average molecular weight is 278 g/mol. The summed E-state index contributed by atoms with van der Waals surface area (Å²) < 4.78 is 0. The fourth-order valence-electron chi connectivity index (χ4n) is 2.76. The molecule has 2 aromatic rings. The number of benzene rings is 1. The van der Waals surface area contributed by atoms with Gasteiger partial charge in [0.15, 0.2) is 0 Å². The normalized spacial score (nSPS) is 14.9. The number of nitrogens with zero attached hydrogens (tertiary/aromatic N) is 4. The average Bonchev–Trinajstić information content (AvgIpc) is 2.55. The van der Waals surface area contributed by atoms with Crippen molar-refractivity contribution in [2.24, 2.45) is 0 Å². The van der Waals surface area contributed by atoms with E-state index in [1.807, 2.05) is 0 Å². The van der Waals surface area contributed by atoms with E-state index >= 15 is 0 Å². The third kappa shape index (κ3) is 2.82. The van der Waals surface area contributed by atoms with Crippen LogP contribution in [0.2, 0.25) is 0 Å². The molecule has 0 N–H and O–H groups in total. The molecular formula is C17H18N4. The maximum Gasteiger partial charge on any atom is 0.101 e. The van der Waals surface area contributed by atoms with Gasteiger partial charge in [-0.1, -0.05) is 12.1 Å². The summed E-state index contributed by atoms with van der Waals surface area (Å²) in [6.07, 6.45) is 3.46. The number of nitriles is 1. The highest BCUT2D eigenvalue weighted by Gasteiger charge is 2.19. The molecule has 0 aliphatic carbocycles. The standard InChI is InChI=1S/C17H18N4/c1-14-3-2-4-16(11-14)20-7-9-21(10-8-20)17-13-19-6-5-15(17)12-18/h2-6,11,13H,7-10H2,1H3. The summed E-state index contributed by atoms with van der Waals surface area (Å²) in [7, 11) is 0. The number of aryl methyl sites for hydroxylation is 1. The van der Waals surface area contributed by atoms with E-state index < -0.39 is 0 Å². The first-order valence-electron chi connectivity index (χ1n) is 7.18. The third-order valence-electron chi connectivity index (χ3n) is 3.91. The van der Waals surface area contributed by atoms with Gasteiger partial charge in [0.25, 0.3) is 0 Å². The van der Waals surface area contributed by atoms with Crippen LogP contribution in [0.5, 0.6) is 0 Å². The predicted octanol–water partition coefficient (Wildman–Crippen LogP) is 2.59. The zero-order valence-corrected chi connectivity index (χ0v) is 12.2. The monoisotopic (exact) mass is 278 g/mol. The van der Waals surface area contributed by atoms with Crippen LogP contribution in [0.15, 0.2) is 42.7 Å². The Morgan fingerprint density at radius 1 is 1.10 bits per heavy atom. The van der Waals surface area contributed by atoms with Crippen LogP contribution in [-0.2, 0) is 0 Å². The summed E-state index contributed by atoms with van der Waals surface area (Å²) in [6.45, 7) is 5.86. The molecule has 4 heteroatoms. The summed E-state index contributed by atoms with van der Waals surface area (Å²) in [5, 5.41) is 9.19. The number of aromatic nitrogens is 1. The highest BCUT2D eigenvalue weighted by molar-refractivity contribution is 5.59. The smallest absolute Gasteiger partial charge is 0.101 e. The second kappa shape index (κ2) is 5.84. The van der Waals surface area contributed by atoms with Gasteiger partial charge in [0, 0.05) is 38.1 Å². The van der Waals surface area contributed by atoms with Crippen LogP contribution in [-0.4, -0.2) is 31.2 Å². The molecule has 3 rings (SSSR count). The quantitative estimate of drug-likeness (QED) is 0.847. The first-order valence-corrected chi connectivity index (χ1v) is 7.18. The summed E-state index contributed by atoms with van der Waals surface area (Å²) in [5.41, 5.74) is 4.22. The van der Waals surface area contributed by atoms with Gasteiger partial charge in [0.05, 0.1) is 17.4 Å². The van der Waals surface area contributed by atoms with Crippen molar-refractivity contribution in [1.29, 1.82) is 5.26 Å². The molecule has 1 aromatic heterocycles. The van der Waals surface area contributed by atoms with Crippen LogP contribution in [0.1, 0.15) is 11.1 Å². The second-order valence-electron chi connectivity index (χ2n) is 5.32. The first-order chi connectivity index (χ1) is 10.3. The highest BCUT2D eigenvalue weighted by atomic mass is 15.3. The van der Waals surface area contributed by atoms with Gasteiger partial charge >= 0.3 is 0 Å². The number of pyridine rings is 1. The van der Waals surface area contributed by atoms with Crippen molar-refractivity contribution >= 4 is 11.4 Å². The van der Waals surface area contributed by atoms with Crippen molar-refractivity contribution in [3.63, 3.8) is 0 Å². The van der Waals surface area contributed by atoms with Crippen LogP contribution in [0.25, 0.3) is 0 Å². The Hall–Kier alpha value is -2.54. The Labute approximate surface area is 125 Å². The molecule has 1 fully saturated rings. The summed E-state index contributed by atoms with van der Waals surface area (Å²) in [5.74, 6) is 0. The Kier molecular flexibility index (Phi) is 3.74. The molecule has 21 heavy (non-hydrogen) atoms. The van der Waals surface area contributed by atoms with Crippen molar-refractivity contribution in [3.8, 4) is 6.07 Å². The van der Waals surface area contributed by atoms with E-state index in [1.165, 1.54) is 11.3 Å². The lowest BCUT2D eigenvalue weighted by Gasteiger charge is -2.37. The molecule has 0 atom stereocenters. The maximum absolute atomic E-state index is 9.19. The Bertz CT molecular complexity index is 666. The molecule has 0 spiro atoms. The van der Waals surface area contributed by atoms with Crippen LogP contribution in [0.4, 0.5) is 11.4 Å². The van der Waals surface area contributed by atoms with Crippen LogP contribution in [0, 0.1) is 18.3 Å². The molecule has 106 valence electrons. The number of hydrogen-bond donors (Lipinski definition) is 0. The minimum absolute atomic E-state index is 0.703. The van der Waals surface area contributed by atoms with E-state index in [-0.39, 0.29) is 0 Å². The van der Waals surface area contributed by atoms with Crippen LogP contribution in [0.3, 0.4) is 0 Å². The number of anilines is 2. The molecular weight excluding hydrogens is 260 g/mol. The number of rotatable bonds is 2. The van der Waals surface area contributed by atoms with Crippen molar-refractivity contribution in [2.45, 2.75) is 6.92 Å². The first kappa shape index (κ1) is 13.4. The van der Waals surface area contributed by atoms with Crippen LogP contribution >= 0.6 is 0 Å². The minimum atomic E-state index is 0.703. The lowest BCUT2D eigenvalue weighted by atomic mass is 10.1. The molecule has 1 aromatic carbocycles. The van der Waals surface area contributed by atoms with Gasteiger partial charge in [-0.2, -0.15) is 5.26 Å². The van der Waals surface area contributed by atoms with Crippen molar-refractivity contribution < 1.29 is 0 Å². The molecule has 0 radical (unpaired) electrons. The van der Waals surface area contributed by atoms with Gasteiger partial charge < -0.3 is 9.80 Å². The van der Waals surface area contributed by atoms with Crippen molar-refractivity contribution in [1.82, 2.24) is 4.98 Å². The van der Waals surface area contributed by atoms with Gasteiger partial charge in [-0.25, -0.2) is 0 Å². The number of hydrogen-bond acceptors (Lipinski definition) is 4. The molecule has 1 aliphatic heterocycles. The van der Waals surface area contributed by atoms with Gasteiger partial charge in [-0.3, -0.25) is 4.98 Å². The summed E-state index contributed by atoms with van der Waals surface area (Å²) in [4.78, 5) is 8.79. The summed E-state index contributed by atoms with van der Waals surface area (Å²) >= 11 is 0. The largest absolute Gasteiger partial charge is 0.368 e. The van der Waals surface area contributed by atoms with Gasteiger partial charge in [0.2, 0.25) is 0 Å². The molecule has 0 unspecified atom stereocenters. The fourth-order valence-corrected chi connectivity index (χ4v) is 2.76. The predicted molar refractivity (Wildman–Crippen MR) is 84.6 cm³/mol. The SMILES string of the molecule is Cc1cccc(N2CCN(c3cnccc3C#N)CC2)c1. The maximum atomic E-state index is 9.19. The lowest BCUT2D eigenvalue weighted by Crippen LogP contribution is -2.46. The molecule has 0 amide bonds. The van der Waals surface area contributed by atoms with E-state index in [0.29, 0.717) is 5.56 Å². The Morgan fingerprint density at radius 2 is 1.86 bits per heavy atom. The van der Waals surface area contributed by atoms with Crippen LogP contribution < -0.4 is 9.80 Å². The zero-order valence-electron chi connectivity index (χ0n) is 12.2. The molecule has 0 bridgehead atoms. The van der Waals surface area contributed by atoms with Gasteiger partial charge in [0.1, 0.15) is 6.07 Å². The van der Waals surface area contributed by atoms with Crippen molar-refractivity contribution in [3.05, 3.63) is 53.9 Å². The highest BCUT2D eigenvalue weighted by Crippen LogP contribution is 2.23. The molecule has 2 heterocycles. The number of piperazine rings is 1. The van der Waals surface area contributed by atoms with E-state index in [4.69, 9.17) is 0 Å². The zero-order chi connectivity index (χ0) is 14.7. The van der Waals surface area contributed by atoms with Gasteiger partial charge in [-0.15, -0.1) is 0 Å². The molecule has 4 nitrogen and oxygen atoms in total. The molecule has 1 aliphatic rings. The van der Waals surface area contributed by atoms with E-state index in [1.54, 1.807) is 18.5 Å². The fraction of sp³-hybridized carbons (Fsp3) is 0.294. The summed E-state index contributed by atoms with van der Waals surface area (Å²) in [6, 6.07) is 12.6. The topological polar surface area (TPSA) is 43.2 Å². The Morgan fingerprint density at radius 3 is 2.57 bits per heavy atom.